The zero-order valence-corrected chi connectivity index (χ0v) is 15.2. The second-order valence-electron chi connectivity index (χ2n) is 5.45. The molecule has 0 atom stereocenters. The zero-order chi connectivity index (χ0) is 14.3. The van der Waals surface area contributed by atoms with Crippen LogP contribution in [0, 0.1) is 6.20 Å². The first-order chi connectivity index (χ1) is 9.53. The van der Waals surface area contributed by atoms with Crippen molar-refractivity contribution in [2.24, 2.45) is 9.98 Å². The second kappa shape index (κ2) is 5.67. The molecule has 0 aliphatic carbocycles. The molecule has 1 aromatic heterocycles. The first-order valence-corrected chi connectivity index (χ1v) is 6.64. The van der Waals surface area contributed by atoms with Gasteiger partial charge in [-0.15, -0.1) is 0 Å². The molecule has 1 aromatic carbocycles. The molecular formula is C16H17N4Re-. The summed E-state index contributed by atoms with van der Waals surface area (Å²) in [5, 5.41) is 0. The molecule has 109 valence electrons. The van der Waals surface area contributed by atoms with E-state index in [4.69, 9.17) is 4.99 Å². The Morgan fingerprint density at radius 3 is 2.52 bits per heavy atom. The van der Waals surface area contributed by atoms with Gasteiger partial charge >= 0.3 is 0 Å². The summed E-state index contributed by atoms with van der Waals surface area (Å²) in [6, 6.07) is 8.26. The van der Waals surface area contributed by atoms with Crippen LogP contribution in [0.2, 0.25) is 0 Å². The number of hydrogen-bond donors (Lipinski definition) is 1. The molecule has 0 saturated carbocycles. The fourth-order valence-electron chi connectivity index (χ4n) is 2.67. The molecule has 0 bridgehead atoms. The quantitative estimate of drug-likeness (QED) is 0.615. The molecular weight excluding hydrogens is 434 g/mol. The Labute approximate surface area is 138 Å². The molecule has 1 radical (unpaired) electrons. The number of nitrogens with one attached hydrogen (secondary N) is 1. The fraction of sp³-hybridized carbons (Fsp3) is 0.312. The van der Waals surface area contributed by atoms with Crippen molar-refractivity contribution in [2.45, 2.75) is 26.3 Å². The largest absolute Gasteiger partial charge is 0.429 e. The summed E-state index contributed by atoms with van der Waals surface area (Å²) in [6.45, 7) is 6.21. The van der Waals surface area contributed by atoms with Crippen molar-refractivity contribution >= 4 is 5.71 Å². The van der Waals surface area contributed by atoms with Gasteiger partial charge in [-0.05, 0) is 31.9 Å². The number of H-pyrrole nitrogens is 1. The van der Waals surface area contributed by atoms with Crippen LogP contribution in [0.1, 0.15) is 31.9 Å². The van der Waals surface area contributed by atoms with E-state index in [-0.39, 0.29) is 26.0 Å². The molecule has 0 amide bonds. The third-order valence-electron chi connectivity index (χ3n) is 3.62. The van der Waals surface area contributed by atoms with Gasteiger partial charge in [-0.1, -0.05) is 41.7 Å². The van der Waals surface area contributed by atoms with Gasteiger partial charge in [-0.3, -0.25) is 4.99 Å². The van der Waals surface area contributed by atoms with Gasteiger partial charge in [0.2, 0.25) is 0 Å². The van der Waals surface area contributed by atoms with Gasteiger partial charge in [0.1, 0.15) is 5.62 Å². The van der Waals surface area contributed by atoms with E-state index in [9.17, 15) is 0 Å². The number of nitrogens with zero attached hydrogens (tertiary/aromatic N) is 3. The number of aliphatic imine (C=N–C) groups is 1. The molecule has 1 N–H and O–H groups in total. The molecule has 0 unspecified atom stereocenters. The van der Waals surface area contributed by atoms with E-state index in [2.05, 4.69) is 47.1 Å². The average molecular weight is 452 g/mol. The molecule has 0 spiro atoms. The second-order valence-corrected chi connectivity index (χ2v) is 5.45. The maximum Gasteiger partial charge on any atom is 0.107 e. The van der Waals surface area contributed by atoms with Crippen LogP contribution in [-0.4, -0.2) is 22.7 Å². The molecule has 21 heavy (non-hydrogen) atoms. The van der Waals surface area contributed by atoms with Gasteiger partial charge in [-0.25, -0.2) is 0 Å². The minimum absolute atomic E-state index is 0. The van der Waals surface area contributed by atoms with Crippen LogP contribution >= 0.6 is 0 Å². The van der Waals surface area contributed by atoms with E-state index in [1.165, 1.54) is 0 Å². The predicted octanol–water partition coefficient (Wildman–Crippen LogP) is 2.46. The predicted molar refractivity (Wildman–Crippen MR) is 79.6 cm³/mol. The Bertz CT molecular complexity index is 772. The van der Waals surface area contributed by atoms with E-state index in [0.29, 0.717) is 5.62 Å². The molecule has 1 aliphatic heterocycles. The van der Waals surface area contributed by atoms with E-state index in [1.54, 1.807) is 7.05 Å². The van der Waals surface area contributed by atoms with Crippen molar-refractivity contribution in [3.63, 3.8) is 0 Å². The Balaban J connectivity index is 0.00000161. The maximum absolute atomic E-state index is 4.84. The van der Waals surface area contributed by atoms with Crippen LogP contribution < -0.4 is 5.62 Å². The van der Waals surface area contributed by atoms with E-state index < -0.39 is 0 Å². The van der Waals surface area contributed by atoms with Crippen LogP contribution in [0.3, 0.4) is 0 Å². The normalized spacial score (nSPS) is 16.2. The third-order valence-corrected chi connectivity index (χ3v) is 3.62. The average Bonchev–Trinajstić information content (AvgIpc) is 2.53. The summed E-state index contributed by atoms with van der Waals surface area (Å²) in [5.41, 5.74) is 5.47. The SMILES string of the molecule is CN=c1n[c-]c2c([nH]1)-c1ccccc1C(C)=NC2(C)C.[Re]. The summed E-state index contributed by atoms with van der Waals surface area (Å²) >= 11 is 0. The molecule has 0 fully saturated rings. The van der Waals surface area contributed by atoms with Crippen LogP contribution in [0.25, 0.3) is 11.3 Å². The minimum Gasteiger partial charge on any atom is -0.429 e. The monoisotopic (exact) mass is 452 g/mol. The fourth-order valence-corrected chi connectivity index (χ4v) is 2.67. The Kier molecular flexibility index (Phi) is 4.27. The number of hydrogen-bond acceptors (Lipinski definition) is 3. The molecule has 5 heteroatoms. The smallest absolute Gasteiger partial charge is 0.107 e. The standard InChI is InChI=1S/C16H17N4.Re/c1-10-11-7-5-6-8-12(11)14-13(16(2,3)20-10)9-18-15(17-4)19-14;/h5-8H,1-4H3,(H,17,18,19);/q-1;. The van der Waals surface area contributed by atoms with Gasteiger partial charge in [0.05, 0.1) is 5.54 Å². The van der Waals surface area contributed by atoms with Crippen LogP contribution in [0.15, 0.2) is 34.3 Å². The van der Waals surface area contributed by atoms with Gasteiger partial charge in [0.25, 0.3) is 0 Å². The zero-order valence-electron chi connectivity index (χ0n) is 12.5. The van der Waals surface area contributed by atoms with Crippen molar-refractivity contribution in [3.05, 3.63) is 47.2 Å². The van der Waals surface area contributed by atoms with Crippen LogP contribution in [0.5, 0.6) is 0 Å². The number of fused-ring (bicyclic) bond motifs is 3. The summed E-state index contributed by atoms with van der Waals surface area (Å²) in [7, 11) is 1.72. The number of aromatic nitrogens is 2. The van der Waals surface area contributed by atoms with E-state index in [0.717, 1.165) is 28.1 Å². The first kappa shape index (κ1) is 15.8. The van der Waals surface area contributed by atoms with Gasteiger partial charge in [-0.2, -0.15) is 0 Å². The molecule has 2 heterocycles. The van der Waals surface area contributed by atoms with Gasteiger partial charge in [0, 0.05) is 33.2 Å². The summed E-state index contributed by atoms with van der Waals surface area (Å²) < 4.78 is 0. The van der Waals surface area contributed by atoms with Crippen molar-refractivity contribution in [3.8, 4) is 11.3 Å². The Hall–Kier alpha value is -1.57. The molecule has 2 aromatic rings. The topological polar surface area (TPSA) is 53.4 Å². The van der Waals surface area contributed by atoms with Crippen molar-refractivity contribution in [2.75, 3.05) is 7.05 Å². The van der Waals surface area contributed by atoms with E-state index in [1.807, 2.05) is 19.1 Å². The van der Waals surface area contributed by atoms with Crippen molar-refractivity contribution in [1.29, 1.82) is 0 Å². The molecule has 3 rings (SSSR count). The first-order valence-electron chi connectivity index (χ1n) is 6.64. The van der Waals surface area contributed by atoms with Gasteiger partial charge < -0.3 is 15.0 Å². The van der Waals surface area contributed by atoms with Crippen molar-refractivity contribution < 1.29 is 20.4 Å². The Morgan fingerprint density at radius 1 is 1.19 bits per heavy atom. The molecule has 1 aliphatic rings. The van der Waals surface area contributed by atoms with Crippen molar-refractivity contribution in [1.82, 2.24) is 9.97 Å². The molecule has 0 saturated heterocycles. The number of benzene rings is 1. The minimum atomic E-state index is -0.367. The number of aromatic amines is 1. The van der Waals surface area contributed by atoms with Gasteiger partial charge in [0.15, 0.2) is 0 Å². The Morgan fingerprint density at radius 2 is 1.86 bits per heavy atom. The summed E-state index contributed by atoms with van der Waals surface area (Å²) in [4.78, 5) is 16.5. The summed E-state index contributed by atoms with van der Waals surface area (Å²) in [6.07, 6.45) is 3.12. The maximum atomic E-state index is 4.84. The molecule has 4 nitrogen and oxygen atoms in total. The van der Waals surface area contributed by atoms with Crippen LogP contribution in [0.4, 0.5) is 0 Å². The van der Waals surface area contributed by atoms with E-state index >= 15 is 0 Å². The number of rotatable bonds is 0. The van der Waals surface area contributed by atoms with Crippen LogP contribution in [-0.2, 0) is 26.0 Å². The summed E-state index contributed by atoms with van der Waals surface area (Å²) in [5.74, 6) is 0. The third kappa shape index (κ3) is 2.64.